The summed E-state index contributed by atoms with van der Waals surface area (Å²) in [4.78, 5) is 11.7. The first-order valence-electron chi connectivity index (χ1n) is 4.91. The maximum absolute atomic E-state index is 5.49. The van der Waals surface area contributed by atoms with Gasteiger partial charge < -0.3 is 15.8 Å². The first-order chi connectivity index (χ1) is 8.28. The van der Waals surface area contributed by atoms with E-state index < -0.39 is 0 Å². The van der Waals surface area contributed by atoms with Crippen molar-refractivity contribution < 1.29 is 4.74 Å². The van der Waals surface area contributed by atoms with Crippen molar-refractivity contribution in [3.8, 4) is 6.01 Å². The van der Waals surface area contributed by atoms with E-state index >= 15 is 0 Å². The van der Waals surface area contributed by atoms with E-state index in [0.29, 0.717) is 19.0 Å². The third kappa shape index (κ3) is 3.00. The Morgan fingerprint density at radius 2 is 2.29 bits per heavy atom. The molecule has 0 amide bonds. The van der Waals surface area contributed by atoms with Crippen molar-refractivity contribution in [2.24, 2.45) is 0 Å². The summed E-state index contributed by atoms with van der Waals surface area (Å²) in [5.74, 6) is 0.481. The van der Waals surface area contributed by atoms with Gasteiger partial charge in [0.2, 0.25) is 11.9 Å². The Morgan fingerprint density at radius 3 is 3.00 bits per heavy atom. The van der Waals surface area contributed by atoms with Crippen molar-refractivity contribution >= 4 is 11.9 Å². The zero-order valence-corrected chi connectivity index (χ0v) is 9.24. The van der Waals surface area contributed by atoms with Crippen molar-refractivity contribution in [1.82, 2.24) is 29.9 Å². The minimum absolute atomic E-state index is 0.111. The van der Waals surface area contributed by atoms with Crippen molar-refractivity contribution in [2.45, 2.75) is 6.54 Å². The molecular weight excluding hydrogens is 224 g/mol. The lowest BCUT2D eigenvalue weighted by atomic mass is 10.6. The van der Waals surface area contributed by atoms with Gasteiger partial charge >= 0.3 is 6.01 Å². The third-order valence-electron chi connectivity index (χ3n) is 1.91. The van der Waals surface area contributed by atoms with Crippen LogP contribution >= 0.6 is 0 Å². The maximum atomic E-state index is 5.49. The molecule has 0 aromatic carbocycles. The Labute approximate surface area is 97.0 Å². The van der Waals surface area contributed by atoms with E-state index in [1.54, 1.807) is 17.1 Å². The van der Waals surface area contributed by atoms with Gasteiger partial charge in [-0.2, -0.15) is 15.0 Å². The van der Waals surface area contributed by atoms with Gasteiger partial charge in [-0.15, -0.1) is 5.10 Å². The number of ether oxygens (including phenoxy) is 1. The summed E-state index contributed by atoms with van der Waals surface area (Å²) in [6.45, 7) is 1.24. The van der Waals surface area contributed by atoms with Gasteiger partial charge in [-0.1, -0.05) is 5.21 Å². The monoisotopic (exact) mass is 236 g/mol. The molecule has 90 valence electrons. The lowest BCUT2D eigenvalue weighted by molar-refractivity contribution is 0.379. The van der Waals surface area contributed by atoms with Crippen LogP contribution < -0.4 is 15.8 Å². The largest absolute Gasteiger partial charge is 0.467 e. The van der Waals surface area contributed by atoms with E-state index in [4.69, 9.17) is 10.5 Å². The van der Waals surface area contributed by atoms with Crippen LogP contribution in [0, 0.1) is 0 Å². The van der Waals surface area contributed by atoms with Crippen LogP contribution in [0.1, 0.15) is 0 Å². The summed E-state index contributed by atoms with van der Waals surface area (Å²) >= 11 is 0. The van der Waals surface area contributed by atoms with Crippen molar-refractivity contribution in [3.63, 3.8) is 0 Å². The van der Waals surface area contributed by atoms with Gasteiger partial charge in [0.1, 0.15) is 0 Å². The molecule has 2 aromatic rings. The Balaban J connectivity index is 1.92. The van der Waals surface area contributed by atoms with Crippen LogP contribution in [0.25, 0.3) is 0 Å². The lowest BCUT2D eigenvalue weighted by Crippen LogP contribution is -2.14. The number of nitrogen functional groups attached to an aromatic ring is 1. The second-order valence-electron chi connectivity index (χ2n) is 3.10. The van der Waals surface area contributed by atoms with E-state index in [1.165, 1.54) is 7.11 Å². The van der Waals surface area contributed by atoms with Gasteiger partial charge in [-0.3, -0.25) is 4.68 Å². The molecule has 0 unspecified atom stereocenters. The molecule has 0 radical (unpaired) electrons. The molecule has 0 saturated heterocycles. The maximum Gasteiger partial charge on any atom is 0.322 e. The van der Waals surface area contributed by atoms with Gasteiger partial charge in [0.05, 0.1) is 19.9 Å². The summed E-state index contributed by atoms with van der Waals surface area (Å²) in [7, 11) is 1.47. The fourth-order valence-corrected chi connectivity index (χ4v) is 1.18. The number of nitrogens with two attached hydrogens (primary N) is 1. The molecule has 0 fully saturated rings. The van der Waals surface area contributed by atoms with Gasteiger partial charge in [0.15, 0.2) is 0 Å². The summed E-state index contributed by atoms with van der Waals surface area (Å²) in [5, 5.41) is 10.5. The fraction of sp³-hybridized carbons (Fsp3) is 0.375. The van der Waals surface area contributed by atoms with Gasteiger partial charge in [-0.05, 0) is 0 Å². The normalized spacial score (nSPS) is 10.2. The number of anilines is 2. The third-order valence-corrected chi connectivity index (χ3v) is 1.91. The molecule has 2 heterocycles. The Hall–Kier alpha value is -2.45. The summed E-state index contributed by atoms with van der Waals surface area (Å²) in [5.41, 5.74) is 5.49. The average molecular weight is 236 g/mol. The summed E-state index contributed by atoms with van der Waals surface area (Å²) < 4.78 is 6.57. The summed E-state index contributed by atoms with van der Waals surface area (Å²) in [6.07, 6.45) is 3.38. The SMILES string of the molecule is COc1nc(N)nc(NCCn2ccnn2)n1. The molecular formula is C8H12N8O. The first-order valence-corrected chi connectivity index (χ1v) is 4.91. The highest BCUT2D eigenvalue weighted by Crippen LogP contribution is 2.07. The number of hydrogen-bond donors (Lipinski definition) is 2. The molecule has 17 heavy (non-hydrogen) atoms. The Morgan fingerprint density at radius 1 is 1.41 bits per heavy atom. The number of methoxy groups -OCH3 is 1. The molecule has 3 N–H and O–H groups in total. The second-order valence-corrected chi connectivity index (χ2v) is 3.10. The van der Waals surface area contributed by atoms with Crippen LogP contribution in [0.5, 0.6) is 6.01 Å². The molecule has 0 bridgehead atoms. The predicted molar refractivity (Wildman–Crippen MR) is 59.3 cm³/mol. The Kier molecular flexibility index (Phi) is 3.28. The number of rotatable bonds is 5. The highest BCUT2D eigenvalue weighted by atomic mass is 16.5. The number of nitrogens with zero attached hydrogens (tertiary/aromatic N) is 6. The van der Waals surface area contributed by atoms with E-state index in [1.807, 2.05) is 0 Å². The molecule has 0 atom stereocenters. The number of aromatic nitrogens is 6. The highest BCUT2D eigenvalue weighted by Gasteiger charge is 2.03. The van der Waals surface area contributed by atoms with Crippen molar-refractivity contribution in [2.75, 3.05) is 24.7 Å². The summed E-state index contributed by atoms with van der Waals surface area (Å²) in [6, 6.07) is 0.181. The molecule has 0 saturated carbocycles. The van der Waals surface area contributed by atoms with Crippen LogP contribution in [-0.2, 0) is 6.54 Å². The predicted octanol–water partition coefficient (Wildman–Crippen LogP) is -0.834. The van der Waals surface area contributed by atoms with Crippen LogP contribution in [0.4, 0.5) is 11.9 Å². The molecule has 0 aliphatic heterocycles. The molecule has 0 aliphatic carbocycles. The fourth-order valence-electron chi connectivity index (χ4n) is 1.18. The van der Waals surface area contributed by atoms with Gasteiger partial charge in [0, 0.05) is 12.7 Å². The standard InChI is InChI=1S/C8H12N8O/c1-17-8-13-6(9)12-7(14-8)10-2-4-16-5-3-11-15-16/h3,5H,2,4H2,1H3,(H3,9,10,12,13,14). The highest BCUT2D eigenvalue weighted by molar-refractivity contribution is 5.32. The first kappa shape index (κ1) is 11.0. The van der Waals surface area contributed by atoms with Crippen molar-refractivity contribution in [3.05, 3.63) is 12.4 Å². The van der Waals surface area contributed by atoms with Crippen LogP contribution in [0.2, 0.25) is 0 Å². The average Bonchev–Trinajstić information content (AvgIpc) is 2.81. The van der Waals surface area contributed by atoms with E-state index in [2.05, 4.69) is 30.6 Å². The molecule has 2 rings (SSSR count). The smallest absolute Gasteiger partial charge is 0.322 e. The molecule has 2 aromatic heterocycles. The zero-order chi connectivity index (χ0) is 12.1. The van der Waals surface area contributed by atoms with Crippen molar-refractivity contribution in [1.29, 1.82) is 0 Å². The van der Waals surface area contributed by atoms with Crippen LogP contribution in [0.3, 0.4) is 0 Å². The second kappa shape index (κ2) is 5.05. The van der Waals surface area contributed by atoms with E-state index in [-0.39, 0.29) is 12.0 Å². The quantitative estimate of drug-likeness (QED) is 0.690. The lowest BCUT2D eigenvalue weighted by Gasteiger charge is -2.06. The number of hydrogen-bond acceptors (Lipinski definition) is 8. The minimum Gasteiger partial charge on any atom is -0.467 e. The number of nitrogens with one attached hydrogen (secondary N) is 1. The Bertz CT molecular complexity index is 470. The van der Waals surface area contributed by atoms with E-state index in [0.717, 1.165) is 0 Å². The molecule has 9 nitrogen and oxygen atoms in total. The molecule has 0 aliphatic rings. The topological polar surface area (TPSA) is 117 Å². The zero-order valence-electron chi connectivity index (χ0n) is 9.24. The van der Waals surface area contributed by atoms with Crippen LogP contribution in [-0.4, -0.2) is 43.6 Å². The molecule has 0 spiro atoms. The molecule has 9 heteroatoms. The van der Waals surface area contributed by atoms with Gasteiger partial charge in [-0.25, -0.2) is 0 Å². The van der Waals surface area contributed by atoms with Crippen LogP contribution in [0.15, 0.2) is 12.4 Å². The van der Waals surface area contributed by atoms with E-state index in [9.17, 15) is 0 Å². The van der Waals surface area contributed by atoms with Gasteiger partial charge in [0.25, 0.3) is 0 Å². The minimum atomic E-state index is 0.111.